The third-order valence-electron chi connectivity index (χ3n) is 6.72. The number of nitrogens with zero attached hydrogens (tertiary/aromatic N) is 3. The van der Waals surface area contributed by atoms with Crippen molar-refractivity contribution in [1.29, 1.82) is 0 Å². The molecular weight excluding hydrogens is 440 g/mol. The van der Waals surface area contributed by atoms with Crippen LogP contribution in [0, 0.1) is 0 Å². The lowest BCUT2D eigenvalue weighted by Crippen LogP contribution is -2.52. The van der Waals surface area contributed by atoms with Crippen LogP contribution in [0.1, 0.15) is 39.9 Å². The molecule has 2 aromatic carbocycles. The van der Waals surface area contributed by atoms with Gasteiger partial charge in [0.1, 0.15) is 6.04 Å². The Morgan fingerprint density at radius 2 is 1.86 bits per heavy atom. The first-order valence-corrected chi connectivity index (χ1v) is 11.9. The fourth-order valence-electron chi connectivity index (χ4n) is 4.82. The topological polar surface area (TPSA) is 82.6 Å². The minimum Gasteiger partial charge on any atom is -0.322 e. The third kappa shape index (κ3) is 5.00. The summed E-state index contributed by atoms with van der Waals surface area (Å²) in [4.78, 5) is 45.2. The molecule has 0 radical (unpaired) electrons. The number of aromatic nitrogens is 1. The summed E-state index contributed by atoms with van der Waals surface area (Å²) in [6.07, 6.45) is 3.43. The van der Waals surface area contributed by atoms with Gasteiger partial charge in [-0.1, -0.05) is 36.4 Å². The van der Waals surface area contributed by atoms with E-state index in [2.05, 4.69) is 52.6 Å². The van der Waals surface area contributed by atoms with E-state index < -0.39 is 11.9 Å². The van der Waals surface area contributed by atoms with Crippen LogP contribution in [0.4, 0.5) is 0 Å². The molecule has 178 valence electrons. The summed E-state index contributed by atoms with van der Waals surface area (Å²) >= 11 is 0. The Kier molecular flexibility index (Phi) is 6.42. The minimum absolute atomic E-state index is 0.164. The van der Waals surface area contributed by atoms with Crippen LogP contribution in [0.15, 0.2) is 66.9 Å². The summed E-state index contributed by atoms with van der Waals surface area (Å²) in [5, 5.41) is 2.34. The van der Waals surface area contributed by atoms with Crippen molar-refractivity contribution in [3.05, 3.63) is 89.1 Å². The van der Waals surface area contributed by atoms with Crippen molar-refractivity contribution < 1.29 is 14.4 Å². The second kappa shape index (κ2) is 9.80. The van der Waals surface area contributed by atoms with Gasteiger partial charge in [0.25, 0.3) is 5.91 Å². The number of amides is 3. The van der Waals surface area contributed by atoms with Crippen LogP contribution in [-0.4, -0.2) is 52.1 Å². The maximum absolute atomic E-state index is 13.0. The lowest BCUT2D eigenvalue weighted by atomic mass is 10.0. The predicted octanol–water partition coefficient (Wildman–Crippen LogP) is 3.18. The number of rotatable bonds is 7. The number of carbonyl (C=O) groups is 3. The summed E-state index contributed by atoms with van der Waals surface area (Å²) in [6.45, 7) is 2.13. The number of benzene rings is 2. The SMILES string of the molecule is CN(CCc1ccccc1)Cc1ccnc(-c2ccc3c(c2)CN(C2CCC(=O)NC2=O)C3=O)c1. The summed E-state index contributed by atoms with van der Waals surface area (Å²) in [5.74, 6) is -0.842. The van der Waals surface area contributed by atoms with Crippen LogP contribution in [-0.2, 0) is 29.1 Å². The van der Waals surface area contributed by atoms with E-state index in [1.165, 1.54) is 11.1 Å². The largest absolute Gasteiger partial charge is 0.322 e. The van der Waals surface area contributed by atoms with E-state index >= 15 is 0 Å². The smallest absolute Gasteiger partial charge is 0.255 e. The van der Waals surface area contributed by atoms with Gasteiger partial charge >= 0.3 is 0 Å². The molecule has 1 atom stereocenters. The molecule has 0 saturated carbocycles. The van der Waals surface area contributed by atoms with Gasteiger partial charge < -0.3 is 9.80 Å². The fraction of sp³-hybridized carbons (Fsp3) is 0.286. The Labute approximate surface area is 204 Å². The van der Waals surface area contributed by atoms with Crippen LogP contribution in [0.5, 0.6) is 0 Å². The van der Waals surface area contributed by atoms with E-state index in [-0.39, 0.29) is 18.2 Å². The average Bonchev–Trinajstić information content (AvgIpc) is 3.19. The van der Waals surface area contributed by atoms with Crippen LogP contribution < -0.4 is 5.32 Å². The molecule has 1 N–H and O–H groups in total. The zero-order valence-electron chi connectivity index (χ0n) is 19.7. The Morgan fingerprint density at radius 3 is 2.66 bits per heavy atom. The first-order valence-electron chi connectivity index (χ1n) is 11.9. The van der Waals surface area contributed by atoms with Gasteiger partial charge in [0.2, 0.25) is 11.8 Å². The minimum atomic E-state index is -0.607. The molecule has 2 aliphatic rings. The highest BCUT2D eigenvalue weighted by atomic mass is 16.2. The number of likely N-dealkylation sites (N-methyl/N-ethyl adjacent to an activating group) is 1. The summed E-state index contributed by atoms with van der Waals surface area (Å²) in [7, 11) is 2.12. The molecule has 5 rings (SSSR count). The molecule has 3 aromatic rings. The second-order valence-corrected chi connectivity index (χ2v) is 9.29. The van der Waals surface area contributed by atoms with Gasteiger partial charge in [-0.15, -0.1) is 0 Å². The summed E-state index contributed by atoms with van der Waals surface area (Å²) in [6, 6.07) is 19.7. The molecule has 35 heavy (non-hydrogen) atoms. The van der Waals surface area contributed by atoms with Crippen LogP contribution in [0.2, 0.25) is 0 Å². The molecule has 7 nitrogen and oxygen atoms in total. The van der Waals surface area contributed by atoms with E-state index in [1.54, 1.807) is 4.90 Å². The Morgan fingerprint density at radius 1 is 1.03 bits per heavy atom. The number of hydrogen-bond donors (Lipinski definition) is 1. The van der Waals surface area contributed by atoms with Crippen molar-refractivity contribution in [2.75, 3.05) is 13.6 Å². The van der Waals surface area contributed by atoms with E-state index in [0.717, 1.165) is 36.3 Å². The molecule has 0 aliphatic carbocycles. The number of fused-ring (bicyclic) bond motifs is 1. The molecule has 1 unspecified atom stereocenters. The molecule has 1 saturated heterocycles. The highest BCUT2D eigenvalue weighted by Crippen LogP contribution is 2.31. The van der Waals surface area contributed by atoms with Crippen molar-refractivity contribution in [3.8, 4) is 11.3 Å². The first kappa shape index (κ1) is 22.9. The van der Waals surface area contributed by atoms with Gasteiger partial charge in [0.05, 0.1) is 5.69 Å². The van der Waals surface area contributed by atoms with Crippen molar-refractivity contribution in [3.63, 3.8) is 0 Å². The second-order valence-electron chi connectivity index (χ2n) is 9.29. The number of carbonyl (C=O) groups excluding carboxylic acids is 3. The number of pyridine rings is 1. The highest BCUT2D eigenvalue weighted by molar-refractivity contribution is 6.05. The fourth-order valence-corrected chi connectivity index (χ4v) is 4.82. The molecular formula is C28H28N4O3. The first-order chi connectivity index (χ1) is 17.0. The monoisotopic (exact) mass is 468 g/mol. The lowest BCUT2D eigenvalue weighted by Gasteiger charge is -2.29. The lowest BCUT2D eigenvalue weighted by molar-refractivity contribution is -0.136. The van der Waals surface area contributed by atoms with Crippen molar-refractivity contribution >= 4 is 17.7 Å². The average molecular weight is 469 g/mol. The van der Waals surface area contributed by atoms with E-state index in [0.29, 0.717) is 18.5 Å². The normalized spacial score (nSPS) is 17.6. The van der Waals surface area contributed by atoms with Gasteiger partial charge in [-0.3, -0.25) is 24.7 Å². The number of imide groups is 1. The standard InChI is InChI=1S/C28H28N4O3/c1-31(14-12-19-5-3-2-4-6-19)17-20-11-13-29-24(15-20)21-7-8-23-22(16-21)18-32(28(23)35)25-9-10-26(33)30-27(25)34/h2-8,11,13,15-16,25H,9-10,12,14,17-18H2,1H3,(H,30,33,34). The molecule has 1 aromatic heterocycles. The molecule has 3 amide bonds. The highest BCUT2D eigenvalue weighted by Gasteiger charge is 2.39. The van der Waals surface area contributed by atoms with Crippen molar-refractivity contribution in [2.24, 2.45) is 0 Å². The van der Waals surface area contributed by atoms with Crippen LogP contribution in [0.3, 0.4) is 0 Å². The molecule has 7 heteroatoms. The Bertz CT molecular complexity index is 1270. The van der Waals surface area contributed by atoms with Crippen molar-refractivity contribution in [1.82, 2.24) is 20.1 Å². The quantitative estimate of drug-likeness (QED) is 0.539. The third-order valence-corrected chi connectivity index (χ3v) is 6.72. The number of piperidine rings is 1. The molecule has 2 aliphatic heterocycles. The van der Waals surface area contributed by atoms with E-state index in [9.17, 15) is 14.4 Å². The van der Waals surface area contributed by atoms with Gasteiger partial charge in [-0.25, -0.2) is 0 Å². The summed E-state index contributed by atoms with van der Waals surface area (Å²) in [5.41, 5.74) is 5.78. The number of nitrogens with one attached hydrogen (secondary N) is 1. The molecule has 0 bridgehead atoms. The van der Waals surface area contributed by atoms with Gasteiger partial charge in [0, 0.05) is 43.4 Å². The molecule has 0 spiro atoms. The maximum Gasteiger partial charge on any atom is 0.255 e. The van der Waals surface area contributed by atoms with Gasteiger partial charge in [-0.2, -0.15) is 0 Å². The van der Waals surface area contributed by atoms with Gasteiger partial charge in [-0.05, 0) is 60.8 Å². The Balaban J connectivity index is 1.27. The number of hydrogen-bond acceptors (Lipinski definition) is 5. The van der Waals surface area contributed by atoms with Crippen LogP contribution >= 0.6 is 0 Å². The van der Waals surface area contributed by atoms with Crippen LogP contribution in [0.25, 0.3) is 11.3 Å². The van der Waals surface area contributed by atoms with Crippen molar-refractivity contribution in [2.45, 2.75) is 38.4 Å². The van der Waals surface area contributed by atoms with E-state index in [1.807, 2.05) is 36.5 Å². The predicted molar refractivity (Wildman–Crippen MR) is 132 cm³/mol. The zero-order valence-corrected chi connectivity index (χ0v) is 19.7. The zero-order chi connectivity index (χ0) is 24.4. The summed E-state index contributed by atoms with van der Waals surface area (Å²) < 4.78 is 0. The molecule has 1 fully saturated rings. The van der Waals surface area contributed by atoms with E-state index in [4.69, 9.17) is 0 Å². The maximum atomic E-state index is 13.0. The van der Waals surface area contributed by atoms with Gasteiger partial charge in [0.15, 0.2) is 0 Å². The Hall–Kier alpha value is -3.84. The molecule has 3 heterocycles.